The van der Waals surface area contributed by atoms with E-state index >= 15 is 0 Å². The SMILES string of the molecule is CN(C)Cc1ccc(NC2CCCS(=O)(=O)C2)cc1. The first-order valence-corrected chi connectivity index (χ1v) is 8.47. The van der Waals surface area contributed by atoms with Gasteiger partial charge in [0.1, 0.15) is 0 Å². The molecule has 0 aliphatic carbocycles. The second kappa shape index (κ2) is 5.92. The van der Waals surface area contributed by atoms with Crippen molar-refractivity contribution in [1.82, 2.24) is 4.90 Å². The Morgan fingerprint density at radius 1 is 1.26 bits per heavy atom. The van der Waals surface area contributed by atoms with E-state index in [4.69, 9.17) is 0 Å². The topological polar surface area (TPSA) is 49.4 Å². The van der Waals surface area contributed by atoms with Crippen molar-refractivity contribution < 1.29 is 8.42 Å². The molecule has 1 fully saturated rings. The van der Waals surface area contributed by atoms with E-state index in [1.165, 1.54) is 5.56 Å². The number of hydrogen-bond donors (Lipinski definition) is 1. The molecule has 0 bridgehead atoms. The Morgan fingerprint density at radius 2 is 1.95 bits per heavy atom. The third kappa shape index (κ3) is 4.51. The van der Waals surface area contributed by atoms with E-state index in [-0.39, 0.29) is 11.8 Å². The molecule has 2 rings (SSSR count). The Labute approximate surface area is 115 Å². The highest BCUT2D eigenvalue weighted by molar-refractivity contribution is 7.91. The average Bonchev–Trinajstić information content (AvgIpc) is 2.30. The van der Waals surface area contributed by atoms with E-state index in [0.29, 0.717) is 5.75 Å². The fourth-order valence-electron chi connectivity index (χ4n) is 2.44. The maximum atomic E-state index is 11.6. The molecule has 1 N–H and O–H groups in total. The highest BCUT2D eigenvalue weighted by Gasteiger charge is 2.24. The smallest absolute Gasteiger partial charge is 0.152 e. The van der Waals surface area contributed by atoms with E-state index in [2.05, 4.69) is 22.3 Å². The first kappa shape index (κ1) is 14.3. The summed E-state index contributed by atoms with van der Waals surface area (Å²) >= 11 is 0. The largest absolute Gasteiger partial charge is 0.381 e. The van der Waals surface area contributed by atoms with Crippen LogP contribution in [-0.4, -0.2) is 45.0 Å². The van der Waals surface area contributed by atoms with Crippen LogP contribution in [-0.2, 0) is 16.4 Å². The summed E-state index contributed by atoms with van der Waals surface area (Å²) in [5, 5.41) is 3.32. The number of hydrogen-bond acceptors (Lipinski definition) is 4. The number of anilines is 1. The molecule has 4 nitrogen and oxygen atoms in total. The zero-order chi connectivity index (χ0) is 13.9. The molecule has 1 aliphatic heterocycles. The number of nitrogens with one attached hydrogen (secondary N) is 1. The normalized spacial score (nSPS) is 22.4. The molecule has 1 saturated heterocycles. The Kier molecular flexibility index (Phi) is 4.47. The quantitative estimate of drug-likeness (QED) is 0.914. The van der Waals surface area contributed by atoms with Crippen molar-refractivity contribution in [3.8, 4) is 0 Å². The van der Waals surface area contributed by atoms with Crippen molar-refractivity contribution in [2.24, 2.45) is 0 Å². The molecule has 0 radical (unpaired) electrons. The van der Waals surface area contributed by atoms with Gasteiger partial charge < -0.3 is 10.2 Å². The van der Waals surface area contributed by atoms with E-state index in [1.807, 2.05) is 26.2 Å². The number of rotatable bonds is 4. The van der Waals surface area contributed by atoms with Crippen LogP contribution in [0.5, 0.6) is 0 Å². The molecule has 1 heterocycles. The lowest BCUT2D eigenvalue weighted by molar-refractivity contribution is 0.402. The first-order valence-electron chi connectivity index (χ1n) is 6.65. The molecule has 0 spiro atoms. The Hall–Kier alpha value is -1.07. The van der Waals surface area contributed by atoms with Gasteiger partial charge in [0.25, 0.3) is 0 Å². The van der Waals surface area contributed by atoms with Gasteiger partial charge in [-0.15, -0.1) is 0 Å². The second-order valence-electron chi connectivity index (χ2n) is 5.53. The summed E-state index contributed by atoms with van der Waals surface area (Å²) in [6.45, 7) is 0.915. The highest BCUT2D eigenvalue weighted by atomic mass is 32.2. The van der Waals surface area contributed by atoms with Crippen LogP contribution in [0.25, 0.3) is 0 Å². The molecule has 1 unspecified atom stereocenters. The van der Waals surface area contributed by atoms with Crippen molar-refractivity contribution in [2.75, 3.05) is 30.9 Å². The molecule has 0 aromatic heterocycles. The number of benzene rings is 1. The van der Waals surface area contributed by atoms with Crippen LogP contribution in [0.15, 0.2) is 24.3 Å². The third-order valence-corrected chi connectivity index (χ3v) is 5.11. The van der Waals surface area contributed by atoms with Crippen LogP contribution >= 0.6 is 0 Å². The van der Waals surface area contributed by atoms with Crippen molar-refractivity contribution in [3.05, 3.63) is 29.8 Å². The lowest BCUT2D eigenvalue weighted by Gasteiger charge is -2.24. The fraction of sp³-hybridized carbons (Fsp3) is 0.571. The van der Waals surface area contributed by atoms with Gasteiger partial charge in [-0.25, -0.2) is 8.42 Å². The van der Waals surface area contributed by atoms with Gasteiger partial charge in [0.05, 0.1) is 11.5 Å². The van der Waals surface area contributed by atoms with Crippen molar-refractivity contribution in [2.45, 2.75) is 25.4 Å². The van der Waals surface area contributed by atoms with E-state index in [9.17, 15) is 8.42 Å². The van der Waals surface area contributed by atoms with Gasteiger partial charge in [-0.3, -0.25) is 0 Å². The summed E-state index contributed by atoms with van der Waals surface area (Å²) in [7, 11) is 1.24. The summed E-state index contributed by atoms with van der Waals surface area (Å²) in [5.41, 5.74) is 2.26. The molecule has 1 aromatic carbocycles. The minimum Gasteiger partial charge on any atom is -0.381 e. The van der Waals surface area contributed by atoms with Crippen molar-refractivity contribution in [1.29, 1.82) is 0 Å². The Bertz CT molecular complexity index is 509. The Morgan fingerprint density at radius 3 is 2.53 bits per heavy atom. The zero-order valence-corrected chi connectivity index (χ0v) is 12.4. The molecule has 106 valence electrons. The summed E-state index contributed by atoms with van der Waals surface area (Å²) in [4.78, 5) is 2.12. The van der Waals surface area contributed by atoms with Crippen molar-refractivity contribution in [3.63, 3.8) is 0 Å². The van der Waals surface area contributed by atoms with Gasteiger partial charge in [0.2, 0.25) is 0 Å². The van der Waals surface area contributed by atoms with Gasteiger partial charge in [-0.2, -0.15) is 0 Å². The molecule has 19 heavy (non-hydrogen) atoms. The van der Waals surface area contributed by atoms with E-state index in [0.717, 1.165) is 25.1 Å². The van der Waals surface area contributed by atoms with E-state index in [1.54, 1.807) is 0 Å². The molecular weight excluding hydrogens is 260 g/mol. The Balaban J connectivity index is 1.96. The van der Waals surface area contributed by atoms with Gasteiger partial charge in [0.15, 0.2) is 9.84 Å². The van der Waals surface area contributed by atoms with Gasteiger partial charge in [-0.05, 0) is 44.6 Å². The molecular formula is C14H22N2O2S. The average molecular weight is 282 g/mol. The minimum absolute atomic E-state index is 0.0541. The van der Waals surface area contributed by atoms with Crippen molar-refractivity contribution >= 4 is 15.5 Å². The second-order valence-corrected chi connectivity index (χ2v) is 7.76. The molecule has 0 amide bonds. The summed E-state index contributed by atoms with van der Waals surface area (Å²) in [6, 6.07) is 8.28. The summed E-state index contributed by atoms with van der Waals surface area (Å²) in [5.74, 6) is 0.597. The first-order chi connectivity index (χ1) is 8.94. The zero-order valence-electron chi connectivity index (χ0n) is 11.6. The van der Waals surface area contributed by atoms with Gasteiger partial charge >= 0.3 is 0 Å². The standard InChI is InChI=1S/C14H22N2O2S/c1-16(2)10-12-5-7-13(8-6-12)15-14-4-3-9-19(17,18)11-14/h5-8,14-15H,3-4,9-11H2,1-2H3. The van der Waals surface area contributed by atoms with E-state index < -0.39 is 9.84 Å². The summed E-state index contributed by atoms with van der Waals surface area (Å²) in [6.07, 6.45) is 1.69. The van der Waals surface area contributed by atoms with Crippen LogP contribution in [0.1, 0.15) is 18.4 Å². The van der Waals surface area contributed by atoms with Crippen LogP contribution in [0.4, 0.5) is 5.69 Å². The lowest BCUT2D eigenvalue weighted by atomic mass is 10.1. The number of sulfone groups is 1. The monoisotopic (exact) mass is 282 g/mol. The fourth-order valence-corrected chi connectivity index (χ4v) is 4.08. The lowest BCUT2D eigenvalue weighted by Crippen LogP contribution is -2.34. The predicted octanol–water partition coefficient (Wildman–Crippen LogP) is 1.74. The van der Waals surface area contributed by atoms with Crippen LogP contribution in [0, 0.1) is 0 Å². The van der Waals surface area contributed by atoms with Crippen LogP contribution in [0.2, 0.25) is 0 Å². The van der Waals surface area contributed by atoms with Gasteiger partial charge in [-0.1, -0.05) is 12.1 Å². The van der Waals surface area contributed by atoms with Gasteiger partial charge in [0, 0.05) is 18.3 Å². The molecule has 5 heteroatoms. The van der Waals surface area contributed by atoms with Crippen LogP contribution < -0.4 is 5.32 Å². The molecule has 1 atom stereocenters. The third-order valence-electron chi connectivity index (χ3n) is 3.29. The predicted molar refractivity (Wildman–Crippen MR) is 79.1 cm³/mol. The molecule has 0 saturated carbocycles. The minimum atomic E-state index is -2.85. The highest BCUT2D eigenvalue weighted by Crippen LogP contribution is 2.18. The number of nitrogens with zero attached hydrogens (tertiary/aromatic N) is 1. The van der Waals surface area contributed by atoms with Crippen LogP contribution in [0.3, 0.4) is 0 Å². The maximum Gasteiger partial charge on any atom is 0.152 e. The summed E-state index contributed by atoms with van der Waals surface area (Å²) < 4.78 is 23.2. The molecule has 1 aromatic rings. The molecule has 1 aliphatic rings. The maximum absolute atomic E-state index is 11.6.